The van der Waals surface area contributed by atoms with Gasteiger partial charge in [-0.05, 0) is 49.2 Å². The molecule has 11 heteroatoms. The van der Waals surface area contributed by atoms with Gasteiger partial charge in [-0.3, -0.25) is 4.90 Å². The van der Waals surface area contributed by atoms with Crippen molar-refractivity contribution >= 4 is 29.2 Å². The van der Waals surface area contributed by atoms with Crippen LogP contribution in [-0.4, -0.2) is 70.4 Å². The Balaban J connectivity index is 1.64. The normalized spacial score (nSPS) is 24.6. The fraction of sp³-hybridized carbons (Fsp3) is 0.400. The van der Waals surface area contributed by atoms with Gasteiger partial charge in [-0.15, -0.1) is 0 Å². The minimum atomic E-state index is -0.0726. The van der Waals surface area contributed by atoms with E-state index in [1.54, 1.807) is 12.1 Å². The molecule has 5 rings (SSSR count). The molecule has 2 saturated heterocycles. The third-order valence-corrected chi connectivity index (χ3v) is 6.52. The van der Waals surface area contributed by atoms with Crippen molar-refractivity contribution in [3.05, 3.63) is 54.6 Å². The van der Waals surface area contributed by atoms with Gasteiger partial charge in [-0.25, -0.2) is 0 Å². The first-order valence-corrected chi connectivity index (χ1v) is 12.3. The molecule has 3 heterocycles. The molecule has 4 atom stereocenters. The molecule has 9 N–H and O–H groups in total. The fourth-order valence-corrected chi connectivity index (χ4v) is 4.97. The predicted octanol–water partition coefficient (Wildman–Crippen LogP) is 0.776. The Morgan fingerprint density at radius 1 is 0.639 bits per heavy atom. The highest BCUT2D eigenvalue weighted by atomic mass is 16.3. The number of hydrogen-bond donors (Lipinski definition) is 5. The maximum Gasteiger partial charge on any atom is 0.241 e. The lowest BCUT2D eigenvalue weighted by Crippen LogP contribution is -2.54. The van der Waals surface area contributed by atoms with E-state index < -0.39 is 0 Å². The molecule has 0 bridgehead atoms. The van der Waals surface area contributed by atoms with Gasteiger partial charge in [0.1, 0.15) is 5.75 Å². The maximum atomic E-state index is 9.89. The van der Waals surface area contributed by atoms with Gasteiger partial charge in [-0.2, -0.15) is 15.0 Å². The Kier molecular flexibility index (Phi) is 6.88. The van der Waals surface area contributed by atoms with Gasteiger partial charge in [0.05, 0.1) is 0 Å². The van der Waals surface area contributed by atoms with Crippen molar-refractivity contribution in [2.45, 2.75) is 37.0 Å². The van der Waals surface area contributed by atoms with Crippen molar-refractivity contribution in [3.63, 3.8) is 0 Å². The number of para-hydroxylation sites is 1. The van der Waals surface area contributed by atoms with Gasteiger partial charge in [0, 0.05) is 61.7 Å². The number of hydrogen-bond acceptors (Lipinski definition) is 11. The van der Waals surface area contributed by atoms with Gasteiger partial charge >= 0.3 is 0 Å². The standard InChI is InChI=1S/C25H34N10O/c26-16-10-17(27)13-33(12-16)23-30-24(34-14-18(28)11-19(29)15-34)32-25(31-23)35(20-4-2-1-3-5-20)21-6-8-22(36)9-7-21/h1-9,16-19,36H,10-15,26-29H2/t16-,17+,18-,19+. The number of nitrogens with two attached hydrogens (primary N) is 4. The zero-order valence-corrected chi connectivity index (χ0v) is 20.2. The highest BCUT2D eigenvalue weighted by Crippen LogP contribution is 2.35. The van der Waals surface area contributed by atoms with E-state index in [2.05, 4.69) is 0 Å². The van der Waals surface area contributed by atoms with Crippen molar-refractivity contribution < 1.29 is 5.11 Å². The molecule has 11 nitrogen and oxygen atoms in total. The molecular weight excluding hydrogens is 456 g/mol. The quantitative estimate of drug-likeness (QED) is 0.342. The second-order valence-corrected chi connectivity index (χ2v) is 9.74. The van der Waals surface area contributed by atoms with Crippen LogP contribution in [-0.2, 0) is 0 Å². The molecule has 0 spiro atoms. The first kappa shape index (κ1) is 24.2. The number of phenols is 1. The summed E-state index contributed by atoms with van der Waals surface area (Å²) < 4.78 is 0. The van der Waals surface area contributed by atoms with Crippen molar-refractivity contribution in [3.8, 4) is 5.75 Å². The first-order valence-electron chi connectivity index (χ1n) is 12.3. The zero-order chi connectivity index (χ0) is 25.2. The third-order valence-electron chi connectivity index (χ3n) is 6.52. The Labute approximate surface area is 210 Å². The highest BCUT2D eigenvalue weighted by Gasteiger charge is 2.30. The summed E-state index contributed by atoms with van der Waals surface area (Å²) >= 11 is 0. The van der Waals surface area contributed by atoms with Crippen LogP contribution in [0.4, 0.5) is 29.2 Å². The average Bonchev–Trinajstić information content (AvgIpc) is 2.85. The van der Waals surface area contributed by atoms with Crippen molar-refractivity contribution in [2.75, 3.05) is 40.9 Å². The van der Waals surface area contributed by atoms with Gasteiger partial charge in [0.2, 0.25) is 17.8 Å². The summed E-state index contributed by atoms with van der Waals surface area (Å²) in [6.45, 7) is 2.39. The number of aromatic nitrogens is 3. The molecule has 1 aromatic heterocycles. The molecule has 0 saturated carbocycles. The second kappa shape index (κ2) is 10.2. The highest BCUT2D eigenvalue weighted by molar-refractivity contribution is 5.73. The fourth-order valence-electron chi connectivity index (χ4n) is 4.97. The molecule has 36 heavy (non-hydrogen) atoms. The van der Waals surface area contributed by atoms with Crippen molar-refractivity contribution in [1.29, 1.82) is 0 Å². The van der Waals surface area contributed by atoms with Crippen LogP contribution in [0.25, 0.3) is 0 Å². The maximum absolute atomic E-state index is 9.89. The molecule has 3 aromatic rings. The van der Waals surface area contributed by atoms with Crippen LogP contribution in [0, 0.1) is 0 Å². The lowest BCUT2D eigenvalue weighted by molar-refractivity contribution is 0.441. The van der Waals surface area contributed by atoms with Crippen LogP contribution in [0.5, 0.6) is 5.75 Å². The van der Waals surface area contributed by atoms with E-state index >= 15 is 0 Å². The van der Waals surface area contributed by atoms with E-state index in [0.29, 0.717) is 44.0 Å². The molecule has 190 valence electrons. The molecule has 0 radical (unpaired) electrons. The average molecular weight is 491 g/mol. The number of anilines is 5. The van der Waals surface area contributed by atoms with E-state index in [4.69, 9.17) is 37.9 Å². The smallest absolute Gasteiger partial charge is 0.241 e. The van der Waals surface area contributed by atoms with Gasteiger partial charge in [-0.1, -0.05) is 18.2 Å². The van der Waals surface area contributed by atoms with Gasteiger partial charge in [0.25, 0.3) is 0 Å². The zero-order valence-electron chi connectivity index (χ0n) is 20.2. The second-order valence-electron chi connectivity index (χ2n) is 9.74. The van der Waals surface area contributed by atoms with Crippen molar-refractivity contribution in [1.82, 2.24) is 15.0 Å². The van der Waals surface area contributed by atoms with E-state index in [-0.39, 0.29) is 29.9 Å². The lowest BCUT2D eigenvalue weighted by atomic mass is 10.0. The SMILES string of the molecule is N[C@@H]1C[C@H](N)CN(c2nc(N3C[C@H](N)C[C@H](N)C3)nc(N(c3ccccc3)c3ccc(O)cc3)n2)C1. The van der Waals surface area contributed by atoms with Crippen LogP contribution < -0.4 is 37.6 Å². The topological polar surface area (TPSA) is 173 Å². The summed E-state index contributed by atoms with van der Waals surface area (Å²) in [7, 11) is 0. The Bertz CT molecular complexity index is 1100. The summed E-state index contributed by atoms with van der Waals surface area (Å²) in [5.41, 5.74) is 26.8. The molecule has 0 unspecified atom stereocenters. The van der Waals surface area contributed by atoms with Crippen molar-refractivity contribution in [2.24, 2.45) is 22.9 Å². The Hall–Kier alpha value is -3.51. The summed E-state index contributed by atoms with van der Waals surface area (Å²) in [5.74, 6) is 1.63. The molecule has 2 aromatic carbocycles. The number of rotatable bonds is 5. The molecule has 0 amide bonds. The molecule has 2 fully saturated rings. The Morgan fingerprint density at radius 2 is 1.08 bits per heavy atom. The molecule has 2 aliphatic heterocycles. The van der Waals surface area contributed by atoms with Crippen LogP contribution in [0.3, 0.4) is 0 Å². The predicted molar refractivity (Wildman–Crippen MR) is 142 cm³/mol. The molecular formula is C25H34N10O. The number of nitrogens with zero attached hydrogens (tertiary/aromatic N) is 6. The molecule has 2 aliphatic rings. The third kappa shape index (κ3) is 5.34. The van der Waals surface area contributed by atoms with Crippen LogP contribution >= 0.6 is 0 Å². The number of aromatic hydroxyl groups is 1. The summed E-state index contributed by atoms with van der Waals surface area (Å²) in [4.78, 5) is 20.6. The minimum absolute atomic E-state index is 0.0726. The number of benzene rings is 2. The largest absolute Gasteiger partial charge is 0.508 e. The van der Waals surface area contributed by atoms with E-state index in [9.17, 15) is 5.11 Å². The Morgan fingerprint density at radius 3 is 1.56 bits per heavy atom. The van der Waals surface area contributed by atoms with E-state index in [0.717, 1.165) is 24.2 Å². The number of phenolic OH excluding ortho intramolecular Hbond substituents is 1. The summed E-state index contributed by atoms with van der Waals surface area (Å²) in [6, 6.07) is 16.5. The first-order chi connectivity index (χ1) is 17.4. The van der Waals surface area contributed by atoms with Crippen LogP contribution in [0.2, 0.25) is 0 Å². The number of piperidine rings is 2. The monoisotopic (exact) mass is 490 g/mol. The molecule has 0 aliphatic carbocycles. The van der Waals surface area contributed by atoms with Gasteiger partial charge in [0.15, 0.2) is 0 Å². The van der Waals surface area contributed by atoms with Crippen LogP contribution in [0.1, 0.15) is 12.8 Å². The lowest BCUT2D eigenvalue weighted by Gasteiger charge is -2.37. The van der Waals surface area contributed by atoms with Crippen LogP contribution in [0.15, 0.2) is 54.6 Å². The van der Waals surface area contributed by atoms with E-state index in [1.165, 1.54) is 0 Å². The minimum Gasteiger partial charge on any atom is -0.508 e. The van der Waals surface area contributed by atoms with Gasteiger partial charge < -0.3 is 37.8 Å². The van der Waals surface area contributed by atoms with E-state index in [1.807, 2.05) is 57.2 Å². The summed E-state index contributed by atoms with van der Waals surface area (Å²) in [6.07, 6.45) is 1.50. The summed E-state index contributed by atoms with van der Waals surface area (Å²) in [5, 5.41) is 9.89.